The summed E-state index contributed by atoms with van der Waals surface area (Å²) in [6.07, 6.45) is 0.892. The van der Waals surface area contributed by atoms with Crippen LogP contribution in [0.1, 0.15) is 30.6 Å². The van der Waals surface area contributed by atoms with Crippen LogP contribution >= 0.6 is 0 Å². The number of rotatable bonds is 6. The molecule has 0 aromatic heterocycles. The van der Waals surface area contributed by atoms with E-state index in [9.17, 15) is 9.90 Å². The SMILES string of the molecule is CC(C)CC(CN(C)C)NC(=O)c1cc(O)ccc1N. The van der Waals surface area contributed by atoms with Gasteiger partial charge in [0, 0.05) is 18.3 Å². The molecule has 1 unspecified atom stereocenters. The molecule has 0 spiro atoms. The summed E-state index contributed by atoms with van der Waals surface area (Å²) in [7, 11) is 3.95. The Bertz CT molecular complexity index is 448. The van der Waals surface area contributed by atoms with Gasteiger partial charge in [-0.25, -0.2) is 0 Å². The largest absolute Gasteiger partial charge is 0.508 e. The molecule has 5 nitrogen and oxygen atoms in total. The molecule has 1 aromatic carbocycles. The molecule has 5 heteroatoms. The lowest BCUT2D eigenvalue weighted by Crippen LogP contribution is -2.42. The minimum Gasteiger partial charge on any atom is -0.508 e. The summed E-state index contributed by atoms with van der Waals surface area (Å²) in [5.74, 6) is 0.282. The first-order valence-corrected chi connectivity index (χ1v) is 6.83. The topological polar surface area (TPSA) is 78.6 Å². The number of carbonyl (C=O) groups excluding carboxylic acids is 1. The van der Waals surface area contributed by atoms with Gasteiger partial charge in [0.25, 0.3) is 5.91 Å². The Morgan fingerprint density at radius 2 is 2.05 bits per heavy atom. The summed E-state index contributed by atoms with van der Waals surface area (Å²) < 4.78 is 0. The van der Waals surface area contributed by atoms with E-state index in [4.69, 9.17) is 5.73 Å². The molecule has 0 radical (unpaired) electrons. The van der Waals surface area contributed by atoms with Crippen molar-refractivity contribution in [2.24, 2.45) is 5.92 Å². The summed E-state index contributed by atoms with van der Waals surface area (Å²) >= 11 is 0. The molecular weight excluding hydrogens is 254 g/mol. The molecule has 1 aromatic rings. The second kappa shape index (κ2) is 7.14. The van der Waals surface area contributed by atoms with Gasteiger partial charge < -0.3 is 21.1 Å². The van der Waals surface area contributed by atoms with Crippen LogP contribution in [0.3, 0.4) is 0 Å². The van der Waals surface area contributed by atoms with E-state index in [0.29, 0.717) is 17.2 Å². The first kappa shape index (κ1) is 16.3. The average molecular weight is 279 g/mol. The molecular formula is C15H25N3O2. The van der Waals surface area contributed by atoms with Crippen LogP contribution < -0.4 is 11.1 Å². The second-order valence-electron chi connectivity index (χ2n) is 5.83. The summed E-state index contributed by atoms with van der Waals surface area (Å²) in [6, 6.07) is 4.46. The molecule has 0 heterocycles. The first-order valence-electron chi connectivity index (χ1n) is 6.83. The van der Waals surface area contributed by atoms with E-state index in [0.717, 1.165) is 13.0 Å². The van der Waals surface area contributed by atoms with Crippen molar-refractivity contribution in [2.75, 3.05) is 26.4 Å². The molecule has 0 aliphatic carbocycles. The lowest BCUT2D eigenvalue weighted by Gasteiger charge is -2.24. The van der Waals surface area contributed by atoms with Gasteiger partial charge in [0.05, 0.1) is 5.56 Å². The molecule has 0 fully saturated rings. The van der Waals surface area contributed by atoms with Gasteiger partial charge in [-0.2, -0.15) is 0 Å². The van der Waals surface area contributed by atoms with Crippen molar-refractivity contribution in [3.8, 4) is 5.75 Å². The molecule has 0 aliphatic heterocycles. The Morgan fingerprint density at radius 1 is 1.40 bits per heavy atom. The number of nitrogens with zero attached hydrogens (tertiary/aromatic N) is 1. The number of carbonyl (C=O) groups is 1. The van der Waals surface area contributed by atoms with Crippen LogP contribution in [0.5, 0.6) is 5.75 Å². The molecule has 4 N–H and O–H groups in total. The highest BCUT2D eigenvalue weighted by molar-refractivity contribution is 5.99. The lowest BCUT2D eigenvalue weighted by atomic mass is 10.0. The molecule has 20 heavy (non-hydrogen) atoms. The fourth-order valence-electron chi connectivity index (χ4n) is 2.19. The number of phenols is 1. The number of benzene rings is 1. The van der Waals surface area contributed by atoms with E-state index in [1.165, 1.54) is 18.2 Å². The number of nitrogen functional groups attached to an aromatic ring is 1. The zero-order valence-electron chi connectivity index (χ0n) is 12.7. The van der Waals surface area contributed by atoms with Gasteiger partial charge in [-0.05, 0) is 44.6 Å². The third-order valence-electron chi connectivity index (χ3n) is 2.96. The molecule has 1 amide bonds. The van der Waals surface area contributed by atoms with Gasteiger partial charge in [0.1, 0.15) is 5.75 Å². The fourth-order valence-corrected chi connectivity index (χ4v) is 2.19. The lowest BCUT2D eigenvalue weighted by molar-refractivity contribution is 0.0925. The summed E-state index contributed by atoms with van der Waals surface area (Å²) in [5.41, 5.74) is 6.47. The predicted octanol–water partition coefficient (Wildman–Crippen LogP) is 1.68. The van der Waals surface area contributed by atoms with Gasteiger partial charge in [-0.1, -0.05) is 13.8 Å². The Kier molecular flexibility index (Phi) is 5.82. The second-order valence-corrected chi connectivity index (χ2v) is 5.83. The van der Waals surface area contributed by atoms with E-state index in [1.54, 1.807) is 0 Å². The minimum atomic E-state index is -0.245. The number of hydrogen-bond donors (Lipinski definition) is 3. The number of amides is 1. The van der Waals surface area contributed by atoms with Crippen molar-refractivity contribution in [2.45, 2.75) is 26.3 Å². The third kappa shape index (κ3) is 5.09. The molecule has 112 valence electrons. The maximum Gasteiger partial charge on any atom is 0.253 e. The number of anilines is 1. The van der Waals surface area contributed by atoms with Crippen LogP contribution in [0.25, 0.3) is 0 Å². The van der Waals surface area contributed by atoms with E-state index in [-0.39, 0.29) is 17.7 Å². The van der Waals surface area contributed by atoms with Crippen molar-refractivity contribution >= 4 is 11.6 Å². The standard InChI is InChI=1S/C15H25N3O2/c1-10(2)7-11(9-18(3)4)17-15(20)13-8-12(19)5-6-14(13)16/h5-6,8,10-11,19H,7,9,16H2,1-4H3,(H,17,20). The average Bonchev–Trinajstić information content (AvgIpc) is 2.30. The van der Waals surface area contributed by atoms with Crippen molar-refractivity contribution in [1.82, 2.24) is 10.2 Å². The molecule has 1 rings (SSSR count). The van der Waals surface area contributed by atoms with E-state index in [1.807, 2.05) is 19.0 Å². The van der Waals surface area contributed by atoms with Crippen molar-refractivity contribution in [3.63, 3.8) is 0 Å². The van der Waals surface area contributed by atoms with Gasteiger partial charge in [0.15, 0.2) is 0 Å². The number of likely N-dealkylation sites (N-methyl/N-ethyl adjacent to an activating group) is 1. The Balaban J connectivity index is 2.81. The Labute approximate surface area is 120 Å². The van der Waals surface area contributed by atoms with Crippen LogP contribution in [0.15, 0.2) is 18.2 Å². The molecule has 1 atom stereocenters. The maximum absolute atomic E-state index is 12.3. The number of hydrogen-bond acceptors (Lipinski definition) is 4. The minimum absolute atomic E-state index is 0.0392. The smallest absolute Gasteiger partial charge is 0.253 e. The van der Waals surface area contributed by atoms with Crippen LogP contribution in [0.2, 0.25) is 0 Å². The van der Waals surface area contributed by atoms with Gasteiger partial charge >= 0.3 is 0 Å². The molecule has 0 saturated carbocycles. The van der Waals surface area contributed by atoms with Crippen LogP contribution in [-0.4, -0.2) is 42.6 Å². The predicted molar refractivity (Wildman–Crippen MR) is 81.8 cm³/mol. The summed E-state index contributed by atoms with van der Waals surface area (Å²) in [6.45, 7) is 5.01. The van der Waals surface area contributed by atoms with Crippen LogP contribution in [0.4, 0.5) is 5.69 Å². The monoisotopic (exact) mass is 279 g/mol. The van der Waals surface area contributed by atoms with Gasteiger partial charge in [-0.3, -0.25) is 4.79 Å². The Hall–Kier alpha value is -1.75. The van der Waals surface area contributed by atoms with E-state index >= 15 is 0 Å². The van der Waals surface area contributed by atoms with Crippen molar-refractivity contribution in [3.05, 3.63) is 23.8 Å². The highest BCUT2D eigenvalue weighted by Gasteiger charge is 2.18. The molecule has 0 aliphatic rings. The normalized spacial score (nSPS) is 12.7. The van der Waals surface area contributed by atoms with Crippen LogP contribution in [-0.2, 0) is 0 Å². The molecule has 0 saturated heterocycles. The summed E-state index contributed by atoms with van der Waals surface area (Å²) in [5, 5.41) is 12.5. The van der Waals surface area contributed by atoms with E-state index in [2.05, 4.69) is 19.2 Å². The highest BCUT2D eigenvalue weighted by atomic mass is 16.3. The van der Waals surface area contributed by atoms with Gasteiger partial charge in [0.2, 0.25) is 0 Å². The highest BCUT2D eigenvalue weighted by Crippen LogP contribution is 2.18. The van der Waals surface area contributed by atoms with Crippen LogP contribution in [0, 0.1) is 5.92 Å². The van der Waals surface area contributed by atoms with Crippen molar-refractivity contribution in [1.29, 1.82) is 0 Å². The third-order valence-corrected chi connectivity index (χ3v) is 2.96. The summed E-state index contributed by atoms with van der Waals surface area (Å²) in [4.78, 5) is 14.3. The zero-order valence-corrected chi connectivity index (χ0v) is 12.7. The maximum atomic E-state index is 12.3. The first-order chi connectivity index (χ1) is 9.29. The number of nitrogens with one attached hydrogen (secondary N) is 1. The zero-order chi connectivity index (χ0) is 15.3. The number of phenolic OH excluding ortho intramolecular Hbond substituents is 1. The fraction of sp³-hybridized carbons (Fsp3) is 0.533. The number of aromatic hydroxyl groups is 1. The Morgan fingerprint density at radius 3 is 2.60 bits per heavy atom. The van der Waals surface area contributed by atoms with Crippen molar-refractivity contribution < 1.29 is 9.90 Å². The number of nitrogens with two attached hydrogens (primary N) is 1. The van der Waals surface area contributed by atoms with E-state index < -0.39 is 0 Å². The quantitative estimate of drug-likeness (QED) is 0.547. The van der Waals surface area contributed by atoms with Gasteiger partial charge in [-0.15, -0.1) is 0 Å². The molecule has 0 bridgehead atoms.